The average Bonchev–Trinajstić information content (AvgIpc) is 2.44. The van der Waals surface area contributed by atoms with Gasteiger partial charge in [0.1, 0.15) is 0 Å². The van der Waals surface area contributed by atoms with Gasteiger partial charge in [-0.05, 0) is 0 Å². The first kappa shape index (κ1) is 9.92. The fourth-order valence-electron chi connectivity index (χ4n) is 1.58. The summed E-state index contributed by atoms with van der Waals surface area (Å²) in [6, 6.07) is 6.21. The topological polar surface area (TPSA) is 18.5 Å². The molecular formula is C11H15AsO2. The Hall–Kier alpha value is -0.622. The van der Waals surface area contributed by atoms with E-state index < -0.39 is 0 Å². The first-order valence-corrected chi connectivity index (χ1v) is 8.52. The predicted molar refractivity (Wildman–Crippen MR) is 58.8 cm³/mol. The second kappa shape index (κ2) is 4.74. The normalized spacial score (nSPS) is 15.8. The Morgan fingerprint density at radius 2 is 2.14 bits per heavy atom. The zero-order chi connectivity index (χ0) is 9.80. The summed E-state index contributed by atoms with van der Waals surface area (Å²) < 4.78 is 11.4. The van der Waals surface area contributed by atoms with Crippen LogP contribution in [0.2, 0.25) is 5.71 Å². The van der Waals surface area contributed by atoms with E-state index in [1.807, 2.05) is 6.07 Å². The van der Waals surface area contributed by atoms with E-state index in [1.165, 1.54) is 10.8 Å². The van der Waals surface area contributed by atoms with Crippen molar-refractivity contribution in [1.29, 1.82) is 0 Å². The van der Waals surface area contributed by atoms with Crippen molar-refractivity contribution in [2.24, 2.45) is 0 Å². The molecule has 1 heterocycles. The van der Waals surface area contributed by atoms with Crippen molar-refractivity contribution >= 4 is 15.8 Å². The maximum atomic E-state index is 5.73. The molecule has 3 heteroatoms. The molecular weight excluding hydrogens is 239 g/mol. The summed E-state index contributed by atoms with van der Waals surface area (Å²) in [7, 11) is 0. The van der Waals surface area contributed by atoms with Gasteiger partial charge in [0, 0.05) is 0 Å². The van der Waals surface area contributed by atoms with Gasteiger partial charge in [-0.25, -0.2) is 0 Å². The van der Waals surface area contributed by atoms with Crippen LogP contribution in [-0.4, -0.2) is 29.0 Å². The molecule has 1 aromatic rings. The molecule has 1 unspecified atom stereocenters. The van der Waals surface area contributed by atoms with Crippen LogP contribution >= 0.6 is 0 Å². The Bertz CT molecular complexity index is 312. The Kier molecular flexibility index (Phi) is 3.36. The molecule has 0 aliphatic carbocycles. The van der Waals surface area contributed by atoms with E-state index >= 15 is 0 Å². The van der Waals surface area contributed by atoms with Crippen LogP contribution in [0.1, 0.15) is 12.0 Å². The van der Waals surface area contributed by atoms with E-state index in [0.717, 1.165) is 31.1 Å². The molecule has 2 rings (SSSR count). The third kappa shape index (κ3) is 2.06. The van der Waals surface area contributed by atoms with Gasteiger partial charge in [-0.1, -0.05) is 0 Å². The number of hydrogen-bond donors (Lipinski definition) is 0. The molecule has 2 nitrogen and oxygen atoms in total. The molecule has 76 valence electrons. The van der Waals surface area contributed by atoms with Gasteiger partial charge >= 0.3 is 91.0 Å². The number of fused-ring (bicyclic) bond motifs is 1. The van der Waals surface area contributed by atoms with Crippen LogP contribution in [0.3, 0.4) is 0 Å². The Labute approximate surface area is 91.3 Å². The summed E-state index contributed by atoms with van der Waals surface area (Å²) in [6.45, 7) is 1.56. The van der Waals surface area contributed by atoms with E-state index in [0.29, 0.717) is 0 Å². The minimum absolute atomic E-state index is 0.149. The average molecular weight is 254 g/mol. The van der Waals surface area contributed by atoms with Crippen LogP contribution in [-0.2, 0) is 5.21 Å². The molecule has 1 atom stereocenters. The standard InChI is InChI=1S/C11H15AsO2/c1-12-8-9-4-2-5-10-11(9)14-7-3-6-13-10/h2,4-5,12H,3,6-8H2,1H3. The van der Waals surface area contributed by atoms with Crippen LogP contribution in [0.25, 0.3) is 0 Å². The van der Waals surface area contributed by atoms with E-state index in [-0.39, 0.29) is 15.8 Å². The van der Waals surface area contributed by atoms with Crippen molar-refractivity contribution in [3.63, 3.8) is 0 Å². The van der Waals surface area contributed by atoms with Crippen molar-refractivity contribution in [2.75, 3.05) is 13.2 Å². The fourth-order valence-corrected chi connectivity index (χ4v) is 2.97. The number of hydrogen-bond acceptors (Lipinski definition) is 2. The number of para-hydroxylation sites is 1. The molecule has 14 heavy (non-hydrogen) atoms. The maximum absolute atomic E-state index is 5.73. The van der Waals surface area contributed by atoms with Crippen LogP contribution in [0.5, 0.6) is 11.5 Å². The molecule has 1 aliphatic rings. The van der Waals surface area contributed by atoms with Crippen LogP contribution < -0.4 is 9.47 Å². The molecule has 1 aromatic carbocycles. The zero-order valence-corrected chi connectivity index (χ0v) is 10.5. The summed E-state index contributed by atoms with van der Waals surface area (Å²) in [6.07, 6.45) is 0.983. The second-order valence-corrected chi connectivity index (χ2v) is 5.55. The Morgan fingerprint density at radius 1 is 1.29 bits per heavy atom. The van der Waals surface area contributed by atoms with Gasteiger partial charge in [0.15, 0.2) is 0 Å². The molecule has 0 fully saturated rings. The predicted octanol–water partition coefficient (Wildman–Crippen LogP) is 1.83. The van der Waals surface area contributed by atoms with Gasteiger partial charge in [0.25, 0.3) is 0 Å². The summed E-state index contributed by atoms with van der Waals surface area (Å²) >= 11 is 0.149. The van der Waals surface area contributed by atoms with E-state index in [1.54, 1.807) is 0 Å². The van der Waals surface area contributed by atoms with Crippen LogP contribution in [0.15, 0.2) is 18.2 Å². The third-order valence-corrected chi connectivity index (χ3v) is 3.76. The quantitative estimate of drug-likeness (QED) is 0.750. The van der Waals surface area contributed by atoms with Gasteiger partial charge in [0.05, 0.1) is 0 Å². The summed E-state index contributed by atoms with van der Waals surface area (Å²) in [5.41, 5.74) is 3.63. The van der Waals surface area contributed by atoms with Gasteiger partial charge < -0.3 is 0 Å². The Morgan fingerprint density at radius 3 is 3.00 bits per heavy atom. The first-order chi connectivity index (χ1) is 6.92. The molecule has 0 radical (unpaired) electrons. The molecule has 1 aliphatic heterocycles. The van der Waals surface area contributed by atoms with Crippen molar-refractivity contribution in [3.05, 3.63) is 23.8 Å². The minimum atomic E-state index is 0.149. The van der Waals surface area contributed by atoms with Crippen molar-refractivity contribution in [3.8, 4) is 11.5 Å². The zero-order valence-electron chi connectivity index (χ0n) is 8.38. The fraction of sp³-hybridized carbons (Fsp3) is 0.455. The first-order valence-electron chi connectivity index (χ1n) is 4.94. The van der Waals surface area contributed by atoms with Gasteiger partial charge in [-0.3, -0.25) is 0 Å². The molecule has 0 saturated carbocycles. The molecule has 0 aromatic heterocycles. The van der Waals surface area contributed by atoms with E-state index in [9.17, 15) is 0 Å². The number of benzene rings is 1. The molecule has 0 spiro atoms. The van der Waals surface area contributed by atoms with Crippen LogP contribution in [0, 0.1) is 0 Å². The number of ether oxygens (including phenoxy) is 2. The van der Waals surface area contributed by atoms with Crippen molar-refractivity contribution < 1.29 is 9.47 Å². The summed E-state index contributed by atoms with van der Waals surface area (Å²) in [4.78, 5) is 0. The molecule has 0 N–H and O–H groups in total. The molecule has 0 amide bonds. The van der Waals surface area contributed by atoms with E-state index in [2.05, 4.69) is 17.8 Å². The van der Waals surface area contributed by atoms with Gasteiger partial charge in [-0.2, -0.15) is 0 Å². The second-order valence-electron chi connectivity index (χ2n) is 3.33. The van der Waals surface area contributed by atoms with Crippen molar-refractivity contribution in [2.45, 2.75) is 17.3 Å². The summed E-state index contributed by atoms with van der Waals surface area (Å²) in [5.74, 6) is 1.93. The van der Waals surface area contributed by atoms with Crippen LogP contribution in [0.4, 0.5) is 0 Å². The third-order valence-electron chi connectivity index (χ3n) is 2.22. The number of rotatable bonds is 2. The molecule has 0 saturated heterocycles. The molecule has 0 bridgehead atoms. The van der Waals surface area contributed by atoms with Crippen molar-refractivity contribution in [1.82, 2.24) is 0 Å². The Balaban J connectivity index is 2.32. The monoisotopic (exact) mass is 254 g/mol. The van der Waals surface area contributed by atoms with Gasteiger partial charge in [0.2, 0.25) is 0 Å². The summed E-state index contributed by atoms with van der Waals surface area (Å²) in [5, 5.41) is 1.19. The SMILES string of the molecule is C[AsH]Cc1cccc2c1OCCCO2. The van der Waals surface area contributed by atoms with Gasteiger partial charge in [-0.15, -0.1) is 0 Å². The van der Waals surface area contributed by atoms with E-state index in [4.69, 9.17) is 9.47 Å².